The summed E-state index contributed by atoms with van der Waals surface area (Å²) < 4.78 is 11.0. The molecule has 2 saturated carbocycles. The molecule has 3 rings (SSSR count). The van der Waals surface area contributed by atoms with Crippen LogP contribution in [0.4, 0.5) is 0 Å². The first kappa shape index (κ1) is 13.2. The van der Waals surface area contributed by atoms with Crippen LogP contribution in [-0.2, 0) is 14.3 Å². The van der Waals surface area contributed by atoms with Gasteiger partial charge in [0.25, 0.3) is 0 Å². The van der Waals surface area contributed by atoms with Crippen LogP contribution in [0.15, 0.2) is 0 Å². The Morgan fingerprint density at radius 3 is 2.78 bits per heavy atom. The van der Waals surface area contributed by atoms with E-state index in [0.717, 1.165) is 37.9 Å². The van der Waals surface area contributed by atoms with Crippen molar-refractivity contribution in [3.05, 3.63) is 0 Å². The normalized spacial score (nSPS) is 44.7. The Morgan fingerprint density at radius 1 is 1.33 bits per heavy atom. The van der Waals surface area contributed by atoms with Gasteiger partial charge >= 0.3 is 5.97 Å². The van der Waals surface area contributed by atoms with E-state index in [0.29, 0.717) is 11.8 Å². The molecule has 1 aliphatic heterocycles. The van der Waals surface area contributed by atoms with Crippen LogP contribution in [0.2, 0.25) is 0 Å². The highest BCUT2D eigenvalue weighted by atomic mass is 127. The van der Waals surface area contributed by atoms with E-state index in [2.05, 4.69) is 22.6 Å². The molecule has 2 bridgehead atoms. The van der Waals surface area contributed by atoms with Gasteiger partial charge in [0.2, 0.25) is 0 Å². The quantitative estimate of drug-likeness (QED) is 0.439. The molecule has 0 radical (unpaired) electrons. The Balaban J connectivity index is 1.65. The topological polar surface area (TPSA) is 35.5 Å². The molecule has 0 aromatic rings. The summed E-state index contributed by atoms with van der Waals surface area (Å²) in [5, 5.41) is 0. The zero-order valence-electron chi connectivity index (χ0n) is 11.0. The van der Waals surface area contributed by atoms with Crippen molar-refractivity contribution in [1.29, 1.82) is 0 Å². The molecule has 0 spiro atoms. The standard InChI is InChI=1S/C14H21IO3/c1-3-14(2,15)13(16)18-12-5-8-4-9(12)11-7-17-6-10(8)11/h8-12H,3-7H2,1-2H3. The fourth-order valence-electron chi connectivity index (χ4n) is 3.93. The molecule has 0 N–H and O–H groups in total. The summed E-state index contributed by atoms with van der Waals surface area (Å²) in [5.74, 6) is 2.68. The molecule has 0 aromatic carbocycles. The van der Waals surface area contributed by atoms with Crippen molar-refractivity contribution >= 4 is 28.6 Å². The largest absolute Gasteiger partial charge is 0.461 e. The molecule has 1 saturated heterocycles. The minimum Gasteiger partial charge on any atom is -0.461 e. The number of hydrogen-bond acceptors (Lipinski definition) is 3. The maximum Gasteiger partial charge on any atom is 0.322 e. The lowest BCUT2D eigenvalue weighted by Crippen LogP contribution is -2.38. The molecule has 102 valence electrons. The zero-order chi connectivity index (χ0) is 12.9. The number of ether oxygens (including phenoxy) is 2. The van der Waals surface area contributed by atoms with E-state index in [9.17, 15) is 4.79 Å². The number of esters is 1. The number of halogens is 1. The van der Waals surface area contributed by atoms with Crippen LogP contribution in [0.1, 0.15) is 33.1 Å². The number of alkyl halides is 1. The highest BCUT2D eigenvalue weighted by molar-refractivity contribution is 14.1. The van der Waals surface area contributed by atoms with Crippen LogP contribution in [0.25, 0.3) is 0 Å². The van der Waals surface area contributed by atoms with Crippen molar-refractivity contribution in [2.45, 2.75) is 42.6 Å². The smallest absolute Gasteiger partial charge is 0.322 e. The minimum atomic E-state index is -0.370. The van der Waals surface area contributed by atoms with E-state index in [1.54, 1.807) is 0 Å². The van der Waals surface area contributed by atoms with Gasteiger partial charge in [-0.2, -0.15) is 0 Å². The summed E-state index contributed by atoms with van der Waals surface area (Å²) in [4.78, 5) is 12.2. The Bertz CT molecular complexity index is 355. The predicted molar refractivity (Wildman–Crippen MR) is 76.6 cm³/mol. The maximum absolute atomic E-state index is 12.2. The first-order valence-electron chi connectivity index (χ1n) is 7.00. The average molecular weight is 364 g/mol. The molecule has 0 amide bonds. The fourth-order valence-corrected chi connectivity index (χ4v) is 4.05. The third-order valence-corrected chi connectivity index (χ3v) is 6.46. The molecular weight excluding hydrogens is 343 g/mol. The highest BCUT2D eigenvalue weighted by Gasteiger charge is 2.56. The molecule has 3 nitrogen and oxygen atoms in total. The van der Waals surface area contributed by atoms with E-state index in [-0.39, 0.29) is 15.5 Å². The predicted octanol–water partition coefficient (Wildman–Crippen LogP) is 2.80. The molecule has 18 heavy (non-hydrogen) atoms. The van der Waals surface area contributed by atoms with Crippen molar-refractivity contribution in [2.75, 3.05) is 13.2 Å². The van der Waals surface area contributed by atoms with E-state index >= 15 is 0 Å². The van der Waals surface area contributed by atoms with Crippen molar-refractivity contribution < 1.29 is 14.3 Å². The van der Waals surface area contributed by atoms with Gasteiger partial charge in [-0.1, -0.05) is 29.5 Å². The average Bonchev–Trinajstić information content (AvgIpc) is 2.99. The second-order valence-electron chi connectivity index (χ2n) is 6.26. The van der Waals surface area contributed by atoms with Crippen LogP contribution in [0, 0.1) is 23.7 Å². The Kier molecular flexibility index (Phi) is 3.37. The summed E-state index contributed by atoms with van der Waals surface area (Å²) >= 11 is 2.21. The molecule has 6 unspecified atom stereocenters. The summed E-state index contributed by atoms with van der Waals surface area (Å²) in [6.07, 6.45) is 3.30. The van der Waals surface area contributed by atoms with Gasteiger partial charge in [0.15, 0.2) is 0 Å². The van der Waals surface area contributed by atoms with E-state index < -0.39 is 0 Å². The van der Waals surface area contributed by atoms with Crippen LogP contribution in [0.5, 0.6) is 0 Å². The van der Waals surface area contributed by atoms with Crippen molar-refractivity contribution in [1.82, 2.24) is 0 Å². The van der Waals surface area contributed by atoms with Crippen molar-refractivity contribution in [3.8, 4) is 0 Å². The molecule has 6 atom stereocenters. The van der Waals surface area contributed by atoms with Gasteiger partial charge in [-0.05, 0) is 43.9 Å². The van der Waals surface area contributed by atoms with Gasteiger partial charge in [-0.3, -0.25) is 4.79 Å². The summed E-state index contributed by atoms with van der Waals surface area (Å²) in [7, 11) is 0. The third kappa shape index (κ3) is 1.99. The molecule has 3 aliphatic rings. The first-order valence-corrected chi connectivity index (χ1v) is 8.08. The van der Waals surface area contributed by atoms with Crippen LogP contribution < -0.4 is 0 Å². The second-order valence-corrected chi connectivity index (χ2v) is 8.64. The molecule has 2 aliphatic carbocycles. The SMILES string of the molecule is CCC(C)(I)C(=O)OC1CC2CC1C1COCC21. The van der Waals surface area contributed by atoms with E-state index in [1.807, 2.05) is 13.8 Å². The molecule has 0 aromatic heterocycles. The number of carbonyl (C=O) groups is 1. The second kappa shape index (κ2) is 4.62. The van der Waals surface area contributed by atoms with E-state index in [4.69, 9.17) is 9.47 Å². The first-order chi connectivity index (χ1) is 8.53. The van der Waals surface area contributed by atoms with Crippen LogP contribution in [0.3, 0.4) is 0 Å². The number of fused-ring (bicyclic) bond motifs is 5. The maximum atomic E-state index is 12.2. The number of rotatable bonds is 3. The van der Waals surface area contributed by atoms with Gasteiger partial charge in [-0.15, -0.1) is 0 Å². The lowest BCUT2D eigenvalue weighted by Gasteiger charge is -2.31. The van der Waals surface area contributed by atoms with Gasteiger partial charge in [0.1, 0.15) is 9.53 Å². The van der Waals surface area contributed by atoms with Gasteiger partial charge in [0, 0.05) is 5.92 Å². The molecule has 3 fully saturated rings. The Hall–Kier alpha value is 0.160. The third-order valence-electron chi connectivity index (χ3n) is 5.26. The van der Waals surface area contributed by atoms with Crippen LogP contribution in [-0.4, -0.2) is 28.7 Å². The number of carbonyl (C=O) groups excluding carboxylic acids is 1. The Labute approximate surface area is 122 Å². The Morgan fingerprint density at radius 2 is 2.06 bits per heavy atom. The van der Waals surface area contributed by atoms with Crippen molar-refractivity contribution in [2.24, 2.45) is 23.7 Å². The summed E-state index contributed by atoms with van der Waals surface area (Å²) in [6.45, 7) is 5.82. The zero-order valence-corrected chi connectivity index (χ0v) is 13.2. The molecular formula is C14H21IO3. The monoisotopic (exact) mass is 364 g/mol. The van der Waals surface area contributed by atoms with Gasteiger partial charge in [-0.25, -0.2) is 0 Å². The molecule has 1 heterocycles. The lowest BCUT2D eigenvalue weighted by atomic mass is 9.80. The fraction of sp³-hybridized carbons (Fsp3) is 0.929. The highest BCUT2D eigenvalue weighted by Crippen LogP contribution is 2.55. The summed E-state index contributed by atoms with van der Waals surface area (Å²) in [5.41, 5.74) is 0. The summed E-state index contributed by atoms with van der Waals surface area (Å²) in [6, 6.07) is 0. The molecule has 4 heteroatoms. The number of hydrogen-bond donors (Lipinski definition) is 0. The minimum absolute atomic E-state index is 0.0291. The lowest BCUT2D eigenvalue weighted by molar-refractivity contribution is -0.155. The van der Waals surface area contributed by atoms with Gasteiger partial charge in [0.05, 0.1) is 13.2 Å². The van der Waals surface area contributed by atoms with Gasteiger partial charge < -0.3 is 9.47 Å². The van der Waals surface area contributed by atoms with Crippen LogP contribution >= 0.6 is 22.6 Å². The van der Waals surface area contributed by atoms with Crippen molar-refractivity contribution in [3.63, 3.8) is 0 Å². The van der Waals surface area contributed by atoms with E-state index in [1.165, 1.54) is 6.42 Å².